The van der Waals surface area contributed by atoms with Crippen LogP contribution in [-0.2, 0) is 15.9 Å². The van der Waals surface area contributed by atoms with Gasteiger partial charge in [-0.3, -0.25) is 0 Å². The lowest BCUT2D eigenvalue weighted by Gasteiger charge is -2.23. The molecule has 0 aromatic heterocycles. The number of rotatable bonds is 10. The highest BCUT2D eigenvalue weighted by atomic mass is 16.5. The largest absolute Gasteiger partial charge is 0.497 e. The van der Waals surface area contributed by atoms with Crippen molar-refractivity contribution in [2.24, 2.45) is 0 Å². The number of benzene rings is 1. The fraction of sp³-hybridized carbons (Fsp3) is 0.556. The van der Waals surface area contributed by atoms with E-state index in [0.29, 0.717) is 13.2 Å². The average Bonchev–Trinajstić information content (AvgIpc) is 2.60. The van der Waals surface area contributed by atoms with Gasteiger partial charge >= 0.3 is 0 Å². The number of quaternary nitrogens is 1. The highest BCUT2D eigenvalue weighted by molar-refractivity contribution is 5.41. The summed E-state index contributed by atoms with van der Waals surface area (Å²) in [7, 11) is 1.66. The maximum absolute atomic E-state index is 5.83. The normalized spacial score (nSPS) is 15.3. The fourth-order valence-electron chi connectivity index (χ4n) is 2.58. The minimum atomic E-state index is 0.551. The second-order valence-corrected chi connectivity index (χ2v) is 5.54. The van der Waals surface area contributed by atoms with Crippen LogP contribution in [0.25, 0.3) is 0 Å². The van der Waals surface area contributed by atoms with Gasteiger partial charge in [0.05, 0.1) is 33.5 Å². The Morgan fingerprint density at radius 3 is 2.78 bits per heavy atom. The molecule has 23 heavy (non-hydrogen) atoms. The van der Waals surface area contributed by atoms with Gasteiger partial charge in [-0.25, -0.2) is 0 Å². The fourth-order valence-corrected chi connectivity index (χ4v) is 2.58. The van der Waals surface area contributed by atoms with E-state index in [1.54, 1.807) is 12.0 Å². The summed E-state index contributed by atoms with van der Waals surface area (Å²) < 4.78 is 22.1. The number of morpholine rings is 1. The van der Waals surface area contributed by atoms with Crippen LogP contribution in [0.1, 0.15) is 5.56 Å². The van der Waals surface area contributed by atoms with Crippen LogP contribution < -0.4 is 14.4 Å². The van der Waals surface area contributed by atoms with Gasteiger partial charge in [-0.2, -0.15) is 0 Å². The molecule has 0 atom stereocenters. The molecular weight excluding hydrogens is 294 g/mol. The van der Waals surface area contributed by atoms with Crippen LogP contribution >= 0.6 is 0 Å². The Morgan fingerprint density at radius 1 is 1.22 bits per heavy atom. The zero-order valence-corrected chi connectivity index (χ0v) is 14.0. The molecule has 1 aliphatic heterocycles. The SMILES string of the molecule is C=CCc1cc(OC)ccc1OCCOCC[NH+]1CCOCC1. The van der Waals surface area contributed by atoms with Crippen LogP contribution in [0.3, 0.4) is 0 Å². The van der Waals surface area contributed by atoms with Gasteiger partial charge < -0.3 is 23.8 Å². The minimum absolute atomic E-state index is 0.551. The third kappa shape index (κ3) is 6.22. The third-order valence-corrected chi connectivity index (χ3v) is 3.92. The number of hydrogen-bond acceptors (Lipinski definition) is 4. The molecule has 1 aliphatic rings. The summed E-state index contributed by atoms with van der Waals surface area (Å²) in [6, 6.07) is 5.83. The van der Waals surface area contributed by atoms with E-state index in [2.05, 4.69) is 6.58 Å². The van der Waals surface area contributed by atoms with Crippen molar-refractivity contribution in [2.75, 3.05) is 59.8 Å². The summed E-state index contributed by atoms with van der Waals surface area (Å²) in [6.07, 6.45) is 2.62. The monoisotopic (exact) mass is 322 g/mol. The lowest BCUT2D eigenvalue weighted by molar-refractivity contribution is -0.908. The molecule has 0 bridgehead atoms. The van der Waals surface area contributed by atoms with E-state index in [-0.39, 0.29) is 0 Å². The van der Waals surface area contributed by atoms with Crippen LogP contribution in [0.5, 0.6) is 11.5 Å². The lowest BCUT2D eigenvalue weighted by Crippen LogP contribution is -3.14. The van der Waals surface area contributed by atoms with Crippen molar-refractivity contribution in [3.63, 3.8) is 0 Å². The van der Waals surface area contributed by atoms with Gasteiger partial charge in [0.1, 0.15) is 37.7 Å². The number of ether oxygens (including phenoxy) is 4. The quantitative estimate of drug-likeness (QED) is 0.509. The first-order chi connectivity index (χ1) is 11.3. The van der Waals surface area contributed by atoms with E-state index < -0.39 is 0 Å². The van der Waals surface area contributed by atoms with E-state index in [1.807, 2.05) is 24.3 Å². The summed E-state index contributed by atoms with van der Waals surface area (Å²) in [4.78, 5) is 1.56. The first-order valence-corrected chi connectivity index (χ1v) is 8.23. The first kappa shape index (κ1) is 17.8. The Labute approximate surface area is 138 Å². The molecule has 1 fully saturated rings. The standard InChI is InChI=1S/C18H27NO4/c1-3-4-16-15-17(20-2)5-6-18(16)23-14-13-22-12-9-19-7-10-21-11-8-19/h3,5-6,15H,1,4,7-14H2,2H3/p+1. The molecule has 1 aromatic carbocycles. The van der Waals surface area contributed by atoms with Gasteiger partial charge in [-0.05, 0) is 24.6 Å². The topological polar surface area (TPSA) is 41.4 Å². The third-order valence-electron chi connectivity index (χ3n) is 3.92. The maximum atomic E-state index is 5.83. The van der Waals surface area contributed by atoms with Gasteiger partial charge in [0.25, 0.3) is 0 Å². The van der Waals surface area contributed by atoms with Crippen LogP contribution in [-0.4, -0.2) is 59.8 Å². The number of allylic oxidation sites excluding steroid dienone is 1. The van der Waals surface area contributed by atoms with Crippen molar-refractivity contribution in [3.05, 3.63) is 36.4 Å². The second-order valence-electron chi connectivity index (χ2n) is 5.54. The first-order valence-electron chi connectivity index (χ1n) is 8.23. The highest BCUT2D eigenvalue weighted by Crippen LogP contribution is 2.24. The van der Waals surface area contributed by atoms with Gasteiger partial charge in [-0.15, -0.1) is 6.58 Å². The van der Waals surface area contributed by atoms with Gasteiger partial charge in [0, 0.05) is 5.56 Å². The van der Waals surface area contributed by atoms with E-state index in [1.165, 1.54) is 0 Å². The molecule has 2 rings (SSSR count). The predicted octanol–water partition coefficient (Wildman–Crippen LogP) is 0.734. The molecule has 0 unspecified atom stereocenters. The van der Waals surface area contributed by atoms with Gasteiger partial charge in [-0.1, -0.05) is 6.08 Å². The van der Waals surface area contributed by atoms with E-state index in [0.717, 1.165) is 62.9 Å². The zero-order chi connectivity index (χ0) is 16.3. The Kier molecular flexibility index (Phi) is 7.93. The molecule has 5 heteroatoms. The predicted molar refractivity (Wildman–Crippen MR) is 89.6 cm³/mol. The Hall–Kier alpha value is -1.56. The van der Waals surface area contributed by atoms with Gasteiger partial charge in [0.2, 0.25) is 0 Å². The number of methoxy groups -OCH3 is 1. The zero-order valence-electron chi connectivity index (χ0n) is 14.0. The van der Waals surface area contributed by atoms with Crippen LogP contribution in [0.2, 0.25) is 0 Å². The molecule has 1 aromatic rings. The van der Waals surface area contributed by atoms with Gasteiger partial charge in [0.15, 0.2) is 0 Å². The molecule has 0 amide bonds. The van der Waals surface area contributed by atoms with Crippen molar-refractivity contribution >= 4 is 0 Å². The van der Waals surface area contributed by atoms with E-state index >= 15 is 0 Å². The molecule has 0 saturated carbocycles. The second kappa shape index (κ2) is 10.3. The summed E-state index contributed by atoms with van der Waals surface area (Å²) in [5, 5.41) is 0. The smallest absolute Gasteiger partial charge is 0.123 e. The Balaban J connectivity index is 1.66. The molecule has 0 aliphatic carbocycles. The molecule has 0 spiro atoms. The van der Waals surface area contributed by atoms with Crippen molar-refractivity contribution < 1.29 is 23.8 Å². The lowest BCUT2D eigenvalue weighted by atomic mass is 10.1. The van der Waals surface area contributed by atoms with Crippen molar-refractivity contribution in [1.29, 1.82) is 0 Å². The average molecular weight is 322 g/mol. The van der Waals surface area contributed by atoms with Crippen LogP contribution in [0.15, 0.2) is 30.9 Å². The maximum Gasteiger partial charge on any atom is 0.123 e. The van der Waals surface area contributed by atoms with E-state index in [9.17, 15) is 0 Å². The molecule has 5 nitrogen and oxygen atoms in total. The summed E-state index contributed by atoms with van der Waals surface area (Å²) >= 11 is 0. The Bertz CT molecular complexity index is 472. The molecule has 0 radical (unpaired) electrons. The van der Waals surface area contributed by atoms with Crippen molar-refractivity contribution in [3.8, 4) is 11.5 Å². The molecule has 1 saturated heterocycles. The van der Waals surface area contributed by atoms with Crippen molar-refractivity contribution in [2.45, 2.75) is 6.42 Å². The summed E-state index contributed by atoms with van der Waals surface area (Å²) in [6.45, 7) is 10.6. The summed E-state index contributed by atoms with van der Waals surface area (Å²) in [5.41, 5.74) is 1.08. The van der Waals surface area contributed by atoms with E-state index in [4.69, 9.17) is 18.9 Å². The molecular formula is C18H28NO4+. The number of hydrogen-bond donors (Lipinski definition) is 1. The highest BCUT2D eigenvalue weighted by Gasteiger charge is 2.12. The summed E-state index contributed by atoms with van der Waals surface area (Å²) in [5.74, 6) is 1.70. The Morgan fingerprint density at radius 2 is 2.04 bits per heavy atom. The molecule has 128 valence electrons. The van der Waals surface area contributed by atoms with Crippen molar-refractivity contribution in [1.82, 2.24) is 0 Å². The van der Waals surface area contributed by atoms with Crippen LogP contribution in [0.4, 0.5) is 0 Å². The minimum Gasteiger partial charge on any atom is -0.497 e. The molecule has 1 N–H and O–H groups in total. The molecule has 1 heterocycles. The van der Waals surface area contributed by atoms with Crippen LogP contribution in [0, 0.1) is 0 Å². The number of nitrogens with one attached hydrogen (secondary N) is 1.